The summed E-state index contributed by atoms with van der Waals surface area (Å²) in [5.74, 6) is 4.24. The van der Waals surface area contributed by atoms with E-state index in [0.717, 1.165) is 29.6 Å². The van der Waals surface area contributed by atoms with E-state index in [-0.39, 0.29) is 0 Å². The third kappa shape index (κ3) is 3.83. The maximum absolute atomic E-state index is 4.47. The van der Waals surface area contributed by atoms with Crippen LogP contribution < -0.4 is 0 Å². The van der Waals surface area contributed by atoms with Gasteiger partial charge in [-0.05, 0) is 107 Å². The molecular formula is C25H40. The van der Waals surface area contributed by atoms with Crippen LogP contribution in [-0.4, -0.2) is 0 Å². The summed E-state index contributed by atoms with van der Waals surface area (Å²) in [5, 5.41) is 0. The molecule has 3 aliphatic rings. The summed E-state index contributed by atoms with van der Waals surface area (Å²) in [7, 11) is 0. The van der Waals surface area contributed by atoms with Crippen LogP contribution >= 0.6 is 0 Å². The molecule has 25 heavy (non-hydrogen) atoms. The van der Waals surface area contributed by atoms with Crippen molar-refractivity contribution in [3.05, 3.63) is 35.5 Å². The van der Waals surface area contributed by atoms with Gasteiger partial charge in [0.2, 0.25) is 0 Å². The van der Waals surface area contributed by atoms with Crippen LogP contribution in [0.3, 0.4) is 0 Å². The van der Waals surface area contributed by atoms with Crippen LogP contribution in [0.5, 0.6) is 0 Å². The van der Waals surface area contributed by atoms with Gasteiger partial charge in [-0.2, -0.15) is 0 Å². The van der Waals surface area contributed by atoms with Crippen LogP contribution in [0.4, 0.5) is 0 Å². The average Bonchev–Trinajstić information content (AvgIpc) is 3.04. The number of hydrogen-bond donors (Lipinski definition) is 0. The summed E-state index contributed by atoms with van der Waals surface area (Å²) in [6.45, 7) is 16.5. The van der Waals surface area contributed by atoms with E-state index < -0.39 is 0 Å². The standard InChI is InChI=1S/C25H40/c1-17(2)8-7-9-18(3)22-14-15-25(6)16-23-20(5)10-12-21(23)19(4)11-13-24(22)25/h8,11,18,21-24H,5,7,9-10,12-16H2,1-4,6H3/b19-11-/t18-,21+,22+,23+,24-,25+/m0/s1. The molecule has 0 saturated heterocycles. The van der Waals surface area contributed by atoms with E-state index in [1.807, 2.05) is 0 Å². The molecule has 2 fully saturated rings. The minimum absolute atomic E-state index is 0.544. The Kier molecular flexibility index (Phi) is 5.66. The highest BCUT2D eigenvalue weighted by atomic mass is 14.5. The van der Waals surface area contributed by atoms with Crippen molar-refractivity contribution in [2.24, 2.45) is 35.0 Å². The maximum atomic E-state index is 4.47. The molecule has 6 atom stereocenters. The Morgan fingerprint density at radius 3 is 2.80 bits per heavy atom. The lowest BCUT2D eigenvalue weighted by Crippen LogP contribution is -2.32. The highest BCUT2D eigenvalue weighted by molar-refractivity contribution is 5.22. The Morgan fingerprint density at radius 2 is 2.08 bits per heavy atom. The Balaban J connectivity index is 1.77. The first kappa shape index (κ1) is 19.0. The molecule has 3 aliphatic carbocycles. The van der Waals surface area contributed by atoms with Gasteiger partial charge < -0.3 is 0 Å². The van der Waals surface area contributed by atoms with Gasteiger partial charge in [0.15, 0.2) is 0 Å². The van der Waals surface area contributed by atoms with E-state index in [0.29, 0.717) is 5.41 Å². The summed E-state index contributed by atoms with van der Waals surface area (Å²) in [4.78, 5) is 0. The molecule has 0 aromatic heterocycles. The second-order valence-corrected chi connectivity index (χ2v) is 10.1. The highest BCUT2D eigenvalue weighted by Crippen LogP contribution is 2.59. The Bertz CT molecular complexity index is 559. The SMILES string of the molecule is C=C1CC[C@@H]2/C(C)=C\C[C@H]3[C@@H]([C@@H](C)CCC=C(C)C)CC[C@]3(C)C[C@H]12. The molecule has 0 aromatic rings. The molecule has 0 spiro atoms. The zero-order chi connectivity index (χ0) is 18.2. The number of allylic oxidation sites excluding steroid dienone is 5. The van der Waals surface area contributed by atoms with Crippen LogP contribution in [-0.2, 0) is 0 Å². The smallest absolute Gasteiger partial charge is 0.0135 e. The fourth-order valence-electron chi connectivity index (χ4n) is 6.45. The van der Waals surface area contributed by atoms with Crippen molar-refractivity contribution in [2.75, 3.05) is 0 Å². The zero-order valence-corrected chi connectivity index (χ0v) is 17.4. The van der Waals surface area contributed by atoms with Crippen LogP contribution in [0.2, 0.25) is 0 Å². The zero-order valence-electron chi connectivity index (χ0n) is 17.4. The van der Waals surface area contributed by atoms with Gasteiger partial charge in [-0.15, -0.1) is 0 Å². The third-order valence-electron chi connectivity index (χ3n) is 8.12. The van der Waals surface area contributed by atoms with Gasteiger partial charge in [0, 0.05) is 0 Å². The normalized spacial score (nSPS) is 41.2. The van der Waals surface area contributed by atoms with Gasteiger partial charge in [0.25, 0.3) is 0 Å². The molecule has 0 unspecified atom stereocenters. The lowest BCUT2D eigenvalue weighted by molar-refractivity contribution is 0.121. The third-order valence-corrected chi connectivity index (χ3v) is 8.12. The van der Waals surface area contributed by atoms with Gasteiger partial charge in [0.05, 0.1) is 0 Å². The van der Waals surface area contributed by atoms with Crippen molar-refractivity contribution in [3.63, 3.8) is 0 Å². The van der Waals surface area contributed by atoms with Gasteiger partial charge in [-0.1, -0.05) is 49.3 Å². The second-order valence-electron chi connectivity index (χ2n) is 10.1. The summed E-state index contributed by atoms with van der Waals surface area (Å²) in [6, 6.07) is 0. The van der Waals surface area contributed by atoms with E-state index in [4.69, 9.17) is 0 Å². The summed E-state index contributed by atoms with van der Waals surface area (Å²) >= 11 is 0. The van der Waals surface area contributed by atoms with Crippen molar-refractivity contribution in [2.45, 2.75) is 86.0 Å². The summed E-state index contributed by atoms with van der Waals surface area (Å²) in [6.07, 6.45) is 16.0. The van der Waals surface area contributed by atoms with Crippen molar-refractivity contribution in [3.8, 4) is 0 Å². The molecule has 0 N–H and O–H groups in total. The molecule has 0 amide bonds. The van der Waals surface area contributed by atoms with E-state index in [1.54, 1.807) is 11.1 Å². The number of rotatable bonds is 4. The Morgan fingerprint density at radius 1 is 1.32 bits per heavy atom. The van der Waals surface area contributed by atoms with Crippen molar-refractivity contribution < 1.29 is 0 Å². The molecule has 0 nitrogen and oxygen atoms in total. The number of fused-ring (bicyclic) bond motifs is 2. The van der Waals surface area contributed by atoms with Gasteiger partial charge in [0.1, 0.15) is 0 Å². The minimum Gasteiger partial charge on any atom is -0.0996 e. The lowest BCUT2D eigenvalue weighted by Gasteiger charge is -2.41. The van der Waals surface area contributed by atoms with Crippen molar-refractivity contribution in [1.29, 1.82) is 0 Å². The highest BCUT2D eigenvalue weighted by Gasteiger charge is 2.49. The molecule has 0 heterocycles. The van der Waals surface area contributed by atoms with Crippen LogP contribution in [0.1, 0.15) is 86.0 Å². The van der Waals surface area contributed by atoms with E-state index in [2.05, 4.69) is 53.3 Å². The fourth-order valence-corrected chi connectivity index (χ4v) is 6.45. The van der Waals surface area contributed by atoms with Gasteiger partial charge in [-0.3, -0.25) is 0 Å². The largest absolute Gasteiger partial charge is 0.0996 e. The predicted octanol–water partition coefficient (Wildman–Crippen LogP) is 7.72. The van der Waals surface area contributed by atoms with E-state index in [9.17, 15) is 0 Å². The van der Waals surface area contributed by atoms with Crippen molar-refractivity contribution >= 4 is 0 Å². The molecule has 0 aliphatic heterocycles. The molecule has 0 heteroatoms. The van der Waals surface area contributed by atoms with E-state index >= 15 is 0 Å². The van der Waals surface area contributed by atoms with Crippen LogP contribution in [0.15, 0.2) is 35.5 Å². The average molecular weight is 341 g/mol. The van der Waals surface area contributed by atoms with Gasteiger partial charge >= 0.3 is 0 Å². The van der Waals surface area contributed by atoms with Crippen LogP contribution in [0, 0.1) is 35.0 Å². The summed E-state index contributed by atoms with van der Waals surface area (Å²) < 4.78 is 0. The first-order valence-corrected chi connectivity index (χ1v) is 10.8. The minimum atomic E-state index is 0.544. The fraction of sp³-hybridized carbons (Fsp3) is 0.760. The second kappa shape index (κ2) is 7.45. The van der Waals surface area contributed by atoms with Gasteiger partial charge in [-0.25, -0.2) is 0 Å². The monoisotopic (exact) mass is 340 g/mol. The Hall–Kier alpha value is -0.780. The molecule has 0 aromatic carbocycles. The molecule has 0 bridgehead atoms. The first-order chi connectivity index (χ1) is 11.8. The Labute approximate surface area is 156 Å². The predicted molar refractivity (Wildman–Crippen MR) is 110 cm³/mol. The molecule has 2 saturated carbocycles. The maximum Gasteiger partial charge on any atom is -0.0135 e. The molecule has 3 rings (SSSR count). The van der Waals surface area contributed by atoms with Crippen molar-refractivity contribution in [1.82, 2.24) is 0 Å². The lowest BCUT2D eigenvalue weighted by atomic mass is 9.64. The van der Waals surface area contributed by atoms with Crippen LogP contribution in [0.25, 0.3) is 0 Å². The van der Waals surface area contributed by atoms with E-state index in [1.165, 1.54) is 56.9 Å². The topological polar surface area (TPSA) is 0 Å². The first-order valence-electron chi connectivity index (χ1n) is 10.8. The molecular weight excluding hydrogens is 300 g/mol. The summed E-state index contributed by atoms with van der Waals surface area (Å²) in [5.41, 5.74) is 5.25. The quantitative estimate of drug-likeness (QED) is 0.459. The molecule has 140 valence electrons. The number of hydrogen-bond acceptors (Lipinski definition) is 0. The molecule has 0 radical (unpaired) electrons.